The maximum absolute atomic E-state index is 11.7. The first-order valence-electron chi connectivity index (χ1n) is 3.84. The lowest BCUT2D eigenvalue weighted by Crippen LogP contribution is -2.26. The van der Waals surface area contributed by atoms with E-state index in [0.29, 0.717) is 10.6 Å². The summed E-state index contributed by atoms with van der Waals surface area (Å²) in [7, 11) is -2.11. The second-order valence-electron chi connectivity index (χ2n) is 2.87. The van der Waals surface area contributed by atoms with Gasteiger partial charge in [0.25, 0.3) is 10.0 Å². The number of hydrogen-bond donors (Lipinski definition) is 0. The Labute approximate surface area is 86.8 Å². The van der Waals surface area contributed by atoms with Crippen molar-refractivity contribution in [2.75, 3.05) is 7.05 Å². The van der Waals surface area contributed by atoms with E-state index in [1.807, 2.05) is 0 Å². The molecule has 1 aromatic rings. The third-order valence-corrected chi connectivity index (χ3v) is 3.90. The quantitative estimate of drug-likeness (QED) is 0.675. The molecule has 14 heavy (non-hydrogen) atoms. The fraction of sp³-hybridized carbons (Fsp3) is 0.125. The van der Waals surface area contributed by atoms with Crippen LogP contribution in [0.5, 0.6) is 0 Å². The molecule has 0 bridgehead atoms. The van der Waals surface area contributed by atoms with Gasteiger partial charge in [-0.1, -0.05) is 17.7 Å². The van der Waals surface area contributed by atoms with E-state index in [0.717, 1.165) is 4.41 Å². The molecular formula is C8H7ClN2O2S. The summed E-state index contributed by atoms with van der Waals surface area (Å²) in [5.74, 6) is 0. The minimum absolute atomic E-state index is 0.197. The molecule has 0 radical (unpaired) electrons. The summed E-state index contributed by atoms with van der Waals surface area (Å²) in [5, 5.41) is 4.13. The molecule has 0 aliphatic carbocycles. The second-order valence-corrected chi connectivity index (χ2v) is 5.22. The highest BCUT2D eigenvalue weighted by atomic mass is 35.5. The lowest BCUT2D eigenvalue weighted by atomic mass is 10.2. The zero-order valence-corrected chi connectivity index (χ0v) is 8.88. The van der Waals surface area contributed by atoms with Gasteiger partial charge in [-0.3, -0.25) is 0 Å². The average Bonchev–Trinajstić information content (AvgIpc) is 2.13. The van der Waals surface area contributed by atoms with Crippen molar-refractivity contribution in [3.8, 4) is 0 Å². The summed E-state index contributed by atoms with van der Waals surface area (Å²) in [6, 6.07) is 4.69. The molecule has 0 N–H and O–H groups in total. The number of rotatable bonds is 0. The molecular weight excluding hydrogens is 224 g/mol. The summed E-state index contributed by atoms with van der Waals surface area (Å²) in [4.78, 5) is 0.197. The fourth-order valence-electron chi connectivity index (χ4n) is 1.19. The van der Waals surface area contributed by atoms with Gasteiger partial charge in [0.05, 0.1) is 11.1 Å². The van der Waals surface area contributed by atoms with Crippen LogP contribution < -0.4 is 0 Å². The predicted octanol–water partition coefficient (Wildman–Crippen LogP) is 1.31. The monoisotopic (exact) mass is 230 g/mol. The smallest absolute Gasteiger partial charge is 0.200 e. The molecule has 0 saturated heterocycles. The van der Waals surface area contributed by atoms with Gasteiger partial charge in [-0.25, -0.2) is 0 Å². The van der Waals surface area contributed by atoms with Gasteiger partial charge >= 0.3 is 0 Å². The van der Waals surface area contributed by atoms with Crippen LogP contribution >= 0.6 is 11.6 Å². The van der Waals surface area contributed by atoms with E-state index >= 15 is 0 Å². The van der Waals surface area contributed by atoms with Crippen molar-refractivity contribution in [1.29, 1.82) is 0 Å². The number of halogens is 1. The average molecular weight is 231 g/mol. The van der Waals surface area contributed by atoms with Gasteiger partial charge in [-0.2, -0.15) is 17.9 Å². The van der Waals surface area contributed by atoms with E-state index in [-0.39, 0.29) is 4.90 Å². The largest absolute Gasteiger partial charge is 0.279 e. The highest BCUT2D eigenvalue weighted by molar-refractivity contribution is 7.89. The number of nitrogens with zero attached hydrogens (tertiary/aromatic N) is 2. The predicted molar refractivity (Wildman–Crippen MR) is 54.0 cm³/mol. The maximum atomic E-state index is 11.7. The molecule has 4 nitrogen and oxygen atoms in total. The Morgan fingerprint density at radius 2 is 2.14 bits per heavy atom. The molecule has 0 unspecified atom stereocenters. The molecule has 0 fully saturated rings. The van der Waals surface area contributed by atoms with Gasteiger partial charge in [-0.15, -0.1) is 0 Å². The van der Waals surface area contributed by atoms with Crippen molar-refractivity contribution < 1.29 is 8.42 Å². The molecule has 0 spiro atoms. The SMILES string of the molecule is CN1N=Cc2ccc(Cl)cc2S1(=O)=O. The van der Waals surface area contributed by atoms with Gasteiger partial charge in [0.1, 0.15) is 0 Å². The Bertz CT molecular complexity index is 510. The Morgan fingerprint density at radius 3 is 2.86 bits per heavy atom. The first-order valence-corrected chi connectivity index (χ1v) is 5.66. The van der Waals surface area contributed by atoms with Crippen molar-refractivity contribution in [2.24, 2.45) is 5.10 Å². The van der Waals surface area contributed by atoms with Crippen LogP contribution in [0.3, 0.4) is 0 Å². The molecule has 2 rings (SSSR count). The number of fused-ring (bicyclic) bond motifs is 1. The lowest BCUT2D eigenvalue weighted by Gasteiger charge is -2.19. The normalized spacial score (nSPS) is 18.0. The van der Waals surface area contributed by atoms with Crippen molar-refractivity contribution in [3.05, 3.63) is 28.8 Å². The van der Waals surface area contributed by atoms with E-state index in [9.17, 15) is 8.42 Å². The Morgan fingerprint density at radius 1 is 1.43 bits per heavy atom. The molecule has 0 saturated carbocycles. The summed E-state index contributed by atoms with van der Waals surface area (Å²) >= 11 is 5.72. The van der Waals surface area contributed by atoms with Crippen LogP contribution in [0.2, 0.25) is 5.02 Å². The number of hydrogen-bond acceptors (Lipinski definition) is 3. The van der Waals surface area contributed by atoms with E-state index in [1.54, 1.807) is 12.1 Å². The number of sulfonamides is 1. The fourth-order valence-corrected chi connectivity index (χ4v) is 2.57. The second kappa shape index (κ2) is 2.96. The first kappa shape index (κ1) is 9.48. The number of benzene rings is 1. The van der Waals surface area contributed by atoms with Crippen molar-refractivity contribution in [1.82, 2.24) is 4.41 Å². The highest BCUT2D eigenvalue weighted by Gasteiger charge is 2.25. The third-order valence-electron chi connectivity index (χ3n) is 1.96. The minimum atomic E-state index is -3.49. The molecule has 0 atom stereocenters. The van der Waals surface area contributed by atoms with Gasteiger partial charge < -0.3 is 0 Å². The Kier molecular flexibility index (Phi) is 2.01. The summed E-state index contributed by atoms with van der Waals surface area (Å²) in [5.41, 5.74) is 0.563. The summed E-state index contributed by atoms with van der Waals surface area (Å²) in [6.07, 6.45) is 1.49. The van der Waals surface area contributed by atoms with Crippen LogP contribution in [0.1, 0.15) is 5.56 Å². The Hall–Kier alpha value is -1.07. The highest BCUT2D eigenvalue weighted by Crippen LogP contribution is 2.25. The molecule has 0 aromatic heterocycles. The van der Waals surface area contributed by atoms with E-state index < -0.39 is 10.0 Å². The zero-order valence-electron chi connectivity index (χ0n) is 7.31. The molecule has 6 heteroatoms. The topological polar surface area (TPSA) is 49.7 Å². The molecule has 1 aliphatic rings. The van der Waals surface area contributed by atoms with Crippen LogP contribution in [0, 0.1) is 0 Å². The van der Waals surface area contributed by atoms with Crippen LogP contribution in [-0.2, 0) is 10.0 Å². The molecule has 74 valence electrons. The van der Waals surface area contributed by atoms with Crippen LogP contribution in [0.4, 0.5) is 0 Å². The standard InChI is InChI=1S/C8H7ClN2O2S/c1-11-10-5-6-2-3-7(9)4-8(6)14(11,12)13/h2-5H,1H3. The first-order chi connectivity index (χ1) is 6.51. The van der Waals surface area contributed by atoms with Crippen molar-refractivity contribution >= 4 is 27.8 Å². The van der Waals surface area contributed by atoms with E-state index in [1.165, 1.54) is 19.3 Å². The minimum Gasteiger partial charge on any atom is -0.200 e. The molecule has 1 aliphatic heterocycles. The Balaban J connectivity index is 2.76. The summed E-state index contributed by atoms with van der Waals surface area (Å²) in [6.45, 7) is 0. The van der Waals surface area contributed by atoms with Gasteiger partial charge in [0.15, 0.2) is 0 Å². The third kappa shape index (κ3) is 1.29. The lowest BCUT2D eigenvalue weighted by molar-refractivity contribution is 0.487. The van der Waals surface area contributed by atoms with Gasteiger partial charge in [0.2, 0.25) is 0 Å². The maximum Gasteiger partial charge on any atom is 0.279 e. The molecule has 0 amide bonds. The van der Waals surface area contributed by atoms with Crippen molar-refractivity contribution in [2.45, 2.75) is 4.90 Å². The van der Waals surface area contributed by atoms with Crippen molar-refractivity contribution in [3.63, 3.8) is 0 Å². The van der Waals surface area contributed by atoms with Crippen LogP contribution in [0.15, 0.2) is 28.2 Å². The summed E-state index contributed by atoms with van der Waals surface area (Å²) < 4.78 is 24.3. The zero-order chi connectivity index (χ0) is 10.3. The van der Waals surface area contributed by atoms with E-state index in [2.05, 4.69) is 5.10 Å². The van der Waals surface area contributed by atoms with E-state index in [4.69, 9.17) is 11.6 Å². The van der Waals surface area contributed by atoms with Gasteiger partial charge in [-0.05, 0) is 12.1 Å². The van der Waals surface area contributed by atoms with Crippen LogP contribution in [-0.4, -0.2) is 26.1 Å². The van der Waals surface area contributed by atoms with Gasteiger partial charge in [0, 0.05) is 17.6 Å². The van der Waals surface area contributed by atoms with Crippen LogP contribution in [0.25, 0.3) is 0 Å². The molecule has 1 heterocycles. The number of hydrazone groups is 1. The molecule has 1 aromatic carbocycles.